The Morgan fingerprint density at radius 1 is 0.820 bits per heavy atom. The van der Waals surface area contributed by atoms with Crippen LogP contribution >= 0.6 is 11.6 Å². The van der Waals surface area contributed by atoms with E-state index in [1.165, 1.54) is 15.9 Å². The van der Waals surface area contributed by atoms with Gasteiger partial charge in [0.15, 0.2) is 5.58 Å². The average molecular weight is 684 g/mol. The number of carbonyl (C=O) groups is 4. The van der Waals surface area contributed by atoms with Gasteiger partial charge in [0.2, 0.25) is 29.5 Å². The van der Waals surface area contributed by atoms with Gasteiger partial charge in [-0.3, -0.25) is 24.1 Å². The number of anilines is 2. The van der Waals surface area contributed by atoms with Gasteiger partial charge in [0.25, 0.3) is 0 Å². The summed E-state index contributed by atoms with van der Waals surface area (Å²) in [7, 11) is 0. The van der Waals surface area contributed by atoms with Gasteiger partial charge in [-0.15, -0.1) is 0 Å². The zero-order chi connectivity index (χ0) is 34.5. The smallest absolute Gasteiger partial charge is 0.241 e. The van der Waals surface area contributed by atoms with Crippen LogP contribution in [0.5, 0.6) is 5.75 Å². The van der Waals surface area contributed by atoms with Gasteiger partial charge >= 0.3 is 0 Å². The van der Waals surface area contributed by atoms with Crippen LogP contribution in [0, 0.1) is 29.1 Å². The summed E-state index contributed by atoms with van der Waals surface area (Å²) in [6.07, 6.45) is 2.44. The Hall–Kier alpha value is -5.54. The van der Waals surface area contributed by atoms with E-state index in [9.17, 15) is 24.3 Å². The molecule has 50 heavy (non-hydrogen) atoms. The first-order valence-corrected chi connectivity index (χ1v) is 17.0. The Labute approximate surface area is 291 Å². The summed E-state index contributed by atoms with van der Waals surface area (Å²) >= 11 is 6.47. The van der Waals surface area contributed by atoms with E-state index in [4.69, 9.17) is 16.0 Å². The molecule has 2 aliphatic heterocycles. The van der Waals surface area contributed by atoms with E-state index in [2.05, 4.69) is 4.98 Å². The maximum absolute atomic E-state index is 14.5. The number of aromatic nitrogens is 1. The molecular formula is C40H30ClN3O6. The molecule has 0 bridgehead atoms. The normalized spacial score (nSPS) is 27.4. The van der Waals surface area contributed by atoms with Gasteiger partial charge in [-0.1, -0.05) is 53.6 Å². The second kappa shape index (κ2) is 11.0. The van der Waals surface area contributed by atoms with Crippen LogP contribution in [0.3, 0.4) is 0 Å². The lowest BCUT2D eigenvalue weighted by atomic mass is 9.51. The molecule has 3 heterocycles. The molecule has 1 N–H and O–H groups in total. The Morgan fingerprint density at radius 2 is 1.54 bits per heavy atom. The zero-order valence-electron chi connectivity index (χ0n) is 26.8. The van der Waals surface area contributed by atoms with Gasteiger partial charge in [-0.05, 0) is 92.4 Å². The maximum atomic E-state index is 14.5. The van der Waals surface area contributed by atoms with Gasteiger partial charge in [-0.25, -0.2) is 9.88 Å². The van der Waals surface area contributed by atoms with Crippen LogP contribution in [0.2, 0.25) is 5.02 Å². The summed E-state index contributed by atoms with van der Waals surface area (Å²) < 4.78 is 5.91. The second-order valence-electron chi connectivity index (χ2n) is 13.7. The number of benzene rings is 4. The second-order valence-corrected chi connectivity index (χ2v) is 14.2. The number of hydrogen-bond donors (Lipinski definition) is 1. The van der Waals surface area contributed by atoms with E-state index in [-0.39, 0.29) is 42.2 Å². The van der Waals surface area contributed by atoms with E-state index >= 15 is 0 Å². The summed E-state index contributed by atoms with van der Waals surface area (Å²) in [4.78, 5) is 64.4. The minimum absolute atomic E-state index is 0.0593. The molecule has 6 atom stereocenters. The largest absolute Gasteiger partial charge is 0.508 e. The van der Waals surface area contributed by atoms with E-state index in [1.54, 1.807) is 67.6 Å². The van der Waals surface area contributed by atoms with Crippen molar-refractivity contribution in [1.29, 1.82) is 0 Å². The van der Waals surface area contributed by atoms with E-state index in [1.807, 2.05) is 36.4 Å². The Kier molecular flexibility index (Phi) is 6.70. The van der Waals surface area contributed by atoms with Crippen LogP contribution < -0.4 is 9.80 Å². The van der Waals surface area contributed by atoms with Crippen molar-refractivity contribution >= 4 is 57.7 Å². The van der Waals surface area contributed by atoms with Crippen LogP contribution in [0.15, 0.2) is 113 Å². The lowest BCUT2D eigenvalue weighted by Crippen LogP contribution is -2.48. The van der Waals surface area contributed by atoms with Crippen LogP contribution in [-0.2, 0) is 19.2 Å². The molecule has 10 heteroatoms. The molecule has 4 amide bonds. The van der Waals surface area contributed by atoms with Crippen molar-refractivity contribution in [3.63, 3.8) is 0 Å². The van der Waals surface area contributed by atoms with Gasteiger partial charge in [0.05, 0.1) is 34.5 Å². The fraction of sp³-hybridized carbons (Fsp3) is 0.225. The van der Waals surface area contributed by atoms with E-state index in [0.717, 1.165) is 11.1 Å². The lowest BCUT2D eigenvalue weighted by molar-refractivity contribution is -0.131. The Bertz CT molecular complexity index is 2270. The van der Waals surface area contributed by atoms with Gasteiger partial charge in [0.1, 0.15) is 11.3 Å². The molecule has 9 nitrogen and oxygen atoms in total. The highest BCUT2D eigenvalue weighted by Crippen LogP contribution is 2.64. The highest BCUT2D eigenvalue weighted by molar-refractivity contribution is 6.30. The number of amides is 4. The molecule has 248 valence electrons. The lowest BCUT2D eigenvalue weighted by Gasteiger charge is -2.49. The predicted octanol–water partition coefficient (Wildman–Crippen LogP) is 7.29. The molecule has 4 aromatic carbocycles. The van der Waals surface area contributed by atoms with Crippen LogP contribution in [-0.4, -0.2) is 33.7 Å². The number of phenols is 1. The third-order valence-corrected chi connectivity index (χ3v) is 11.5. The fourth-order valence-corrected chi connectivity index (χ4v) is 9.12. The van der Waals surface area contributed by atoms with Gasteiger partial charge in [0, 0.05) is 22.1 Å². The number of imide groups is 2. The number of fused-ring (bicyclic) bond motifs is 5. The number of phenolic OH excluding ortho intramolecular Hbond substituents is 1. The molecular weight excluding hydrogens is 654 g/mol. The number of allylic oxidation sites excluding steroid dienone is 2. The molecule has 3 fully saturated rings. The molecule has 9 rings (SSSR count). The highest BCUT2D eigenvalue weighted by Gasteiger charge is 2.68. The van der Waals surface area contributed by atoms with Crippen LogP contribution in [0.4, 0.5) is 11.4 Å². The Morgan fingerprint density at radius 3 is 2.30 bits per heavy atom. The standard InChI is InChI=1S/C40H30ClN3O6/c1-40-29(37(47)44(39(40)49)23-7-3-2-4-8-23)20-27-25(34(40)28-19-22(41)13-18-31(28)45)16-17-26-33(27)38(48)43(36(26)46)24-14-11-21(12-15-24)35-42-30-9-5-6-10-32(30)50-35/h2-16,18-19,26-27,29,33-34,45H,17,20H2,1H3/t26-,27+,29-,33-,34+,40+/m0/s1. The number of para-hydroxylation sites is 3. The van der Waals surface area contributed by atoms with Crippen LogP contribution in [0.1, 0.15) is 31.2 Å². The number of nitrogens with zero attached hydrogens (tertiary/aromatic N) is 3. The first-order chi connectivity index (χ1) is 24.2. The average Bonchev–Trinajstić information content (AvgIpc) is 3.73. The number of rotatable bonds is 4. The molecule has 1 saturated carbocycles. The first-order valence-electron chi connectivity index (χ1n) is 16.6. The predicted molar refractivity (Wildman–Crippen MR) is 186 cm³/mol. The minimum Gasteiger partial charge on any atom is -0.508 e. The van der Waals surface area contributed by atoms with Crippen molar-refractivity contribution in [1.82, 2.24) is 4.98 Å². The minimum atomic E-state index is -1.28. The molecule has 2 saturated heterocycles. The maximum Gasteiger partial charge on any atom is 0.241 e. The SMILES string of the molecule is C[C@@]12C(=O)N(c3ccccc3)C(=O)[C@@H]1C[C@@H]1C(=CC[C@@H]3C(=O)N(c4ccc(-c5nc6ccccc6o5)cc4)C(=O)[C@@H]31)[C@@H]2c1cc(Cl)ccc1O. The van der Waals surface area contributed by atoms with Crippen LogP contribution in [0.25, 0.3) is 22.6 Å². The number of oxazole rings is 1. The van der Waals surface area contributed by atoms with Gasteiger partial charge < -0.3 is 9.52 Å². The van der Waals surface area contributed by atoms with Crippen molar-refractivity contribution in [2.24, 2.45) is 29.1 Å². The first kappa shape index (κ1) is 30.5. The zero-order valence-corrected chi connectivity index (χ0v) is 27.6. The molecule has 0 radical (unpaired) electrons. The third-order valence-electron chi connectivity index (χ3n) is 11.3. The van der Waals surface area contributed by atoms with E-state index < -0.39 is 35.0 Å². The third kappa shape index (κ3) is 4.22. The summed E-state index contributed by atoms with van der Waals surface area (Å²) in [5.74, 6) is -4.50. The molecule has 0 unspecified atom stereocenters. The van der Waals surface area contributed by atoms with Crippen molar-refractivity contribution in [3.8, 4) is 17.2 Å². The van der Waals surface area contributed by atoms with E-state index in [0.29, 0.717) is 39.0 Å². The monoisotopic (exact) mass is 683 g/mol. The molecule has 5 aromatic rings. The molecule has 1 aromatic heterocycles. The summed E-state index contributed by atoms with van der Waals surface area (Å²) in [5.41, 5.74) is 2.89. The summed E-state index contributed by atoms with van der Waals surface area (Å²) in [6, 6.07) is 27.9. The molecule has 2 aliphatic carbocycles. The number of halogens is 1. The molecule has 4 aliphatic rings. The molecule has 0 spiro atoms. The summed E-state index contributed by atoms with van der Waals surface area (Å²) in [5, 5.41) is 11.6. The Balaban J connectivity index is 1.10. The number of hydrogen-bond acceptors (Lipinski definition) is 7. The van der Waals surface area contributed by atoms with Crippen molar-refractivity contribution in [2.45, 2.75) is 25.7 Å². The number of aromatic hydroxyl groups is 1. The van der Waals surface area contributed by atoms with Crippen molar-refractivity contribution in [3.05, 3.63) is 119 Å². The topological polar surface area (TPSA) is 121 Å². The van der Waals surface area contributed by atoms with Crippen molar-refractivity contribution < 1.29 is 28.7 Å². The quantitative estimate of drug-likeness (QED) is 0.156. The van der Waals surface area contributed by atoms with Gasteiger partial charge in [-0.2, -0.15) is 0 Å². The highest BCUT2D eigenvalue weighted by atomic mass is 35.5. The fourth-order valence-electron chi connectivity index (χ4n) is 8.94. The summed E-state index contributed by atoms with van der Waals surface area (Å²) in [6.45, 7) is 1.78. The van der Waals surface area contributed by atoms with Crippen molar-refractivity contribution in [2.75, 3.05) is 9.80 Å². The number of carbonyl (C=O) groups excluding carboxylic acids is 4.